The van der Waals surface area contributed by atoms with Crippen LogP contribution in [0.2, 0.25) is 0 Å². The van der Waals surface area contributed by atoms with E-state index in [2.05, 4.69) is 14.8 Å². The lowest BCUT2D eigenvalue weighted by atomic mass is 10.2. The van der Waals surface area contributed by atoms with E-state index < -0.39 is 0 Å². The van der Waals surface area contributed by atoms with Crippen molar-refractivity contribution in [2.45, 2.75) is 6.42 Å². The van der Waals surface area contributed by atoms with Crippen molar-refractivity contribution in [1.82, 2.24) is 9.88 Å². The van der Waals surface area contributed by atoms with E-state index in [1.54, 1.807) is 0 Å². The Balaban J connectivity index is 1.84. The molecule has 0 bridgehead atoms. The molecule has 0 saturated carbocycles. The van der Waals surface area contributed by atoms with Gasteiger partial charge in [-0.25, -0.2) is 4.98 Å². The molecule has 17 heavy (non-hydrogen) atoms. The molecule has 4 nitrogen and oxygen atoms in total. The van der Waals surface area contributed by atoms with Gasteiger partial charge in [-0.3, -0.25) is 9.29 Å². The summed E-state index contributed by atoms with van der Waals surface area (Å²) in [7, 11) is 0. The lowest BCUT2D eigenvalue weighted by molar-refractivity contribution is 0.245. The summed E-state index contributed by atoms with van der Waals surface area (Å²) in [5.41, 5.74) is 6.67. The molecule has 2 rings (SSSR count). The van der Waals surface area contributed by atoms with Gasteiger partial charge in [0.25, 0.3) is 0 Å². The van der Waals surface area contributed by atoms with Crippen molar-refractivity contribution in [3.05, 3.63) is 18.3 Å². The Kier molecular flexibility index (Phi) is 4.14. The zero-order valence-electron chi connectivity index (χ0n) is 9.98. The highest BCUT2D eigenvalue weighted by atomic mass is 19.1. The van der Waals surface area contributed by atoms with E-state index in [4.69, 9.17) is 5.73 Å². The summed E-state index contributed by atoms with van der Waals surface area (Å²) in [6.07, 6.45) is 2.45. The van der Waals surface area contributed by atoms with Crippen LogP contribution >= 0.6 is 0 Å². The Morgan fingerprint density at radius 1 is 1.24 bits per heavy atom. The molecule has 0 radical (unpaired) electrons. The SMILES string of the molecule is Nc1ccc(N2CCN(CCCF)CC2)cn1. The maximum atomic E-state index is 12.1. The van der Waals surface area contributed by atoms with Crippen LogP contribution in [0.25, 0.3) is 0 Å². The molecule has 1 saturated heterocycles. The number of alkyl halides is 1. The highest BCUT2D eigenvalue weighted by molar-refractivity contribution is 5.48. The number of halogens is 1. The third-order valence-corrected chi connectivity index (χ3v) is 3.12. The van der Waals surface area contributed by atoms with Gasteiger partial charge in [0.2, 0.25) is 0 Å². The number of nitrogens with zero attached hydrogens (tertiary/aromatic N) is 3. The van der Waals surface area contributed by atoms with Gasteiger partial charge in [0, 0.05) is 32.7 Å². The predicted octanol–water partition coefficient (Wildman–Crippen LogP) is 1.15. The van der Waals surface area contributed by atoms with Crippen LogP contribution in [-0.4, -0.2) is 49.3 Å². The fourth-order valence-electron chi connectivity index (χ4n) is 2.10. The third kappa shape index (κ3) is 3.30. The number of rotatable bonds is 4. The standard InChI is InChI=1S/C12H19FN4/c13-4-1-5-16-6-8-17(9-7-16)11-2-3-12(14)15-10-11/h2-3,10H,1,4-9H2,(H2,14,15). The van der Waals surface area contributed by atoms with Gasteiger partial charge >= 0.3 is 0 Å². The number of anilines is 2. The van der Waals surface area contributed by atoms with Gasteiger partial charge in [-0.1, -0.05) is 0 Å². The van der Waals surface area contributed by atoms with E-state index in [9.17, 15) is 4.39 Å². The van der Waals surface area contributed by atoms with Crippen LogP contribution < -0.4 is 10.6 Å². The molecule has 94 valence electrons. The second kappa shape index (κ2) is 5.82. The molecule has 5 heteroatoms. The minimum atomic E-state index is -0.220. The van der Waals surface area contributed by atoms with Gasteiger partial charge in [0.15, 0.2) is 0 Å². The fourth-order valence-corrected chi connectivity index (χ4v) is 2.10. The lowest BCUT2D eigenvalue weighted by Crippen LogP contribution is -2.46. The number of pyridine rings is 1. The van der Waals surface area contributed by atoms with Gasteiger partial charge in [0.05, 0.1) is 18.6 Å². The summed E-state index contributed by atoms with van der Waals surface area (Å²) in [5, 5.41) is 0. The highest BCUT2D eigenvalue weighted by Gasteiger charge is 2.16. The molecule has 0 aliphatic carbocycles. The molecule has 1 aliphatic rings. The third-order valence-electron chi connectivity index (χ3n) is 3.12. The Morgan fingerprint density at radius 2 is 2.00 bits per heavy atom. The first-order chi connectivity index (χ1) is 8.29. The van der Waals surface area contributed by atoms with Crippen molar-refractivity contribution < 1.29 is 4.39 Å². The number of piperazine rings is 1. The fraction of sp³-hybridized carbons (Fsp3) is 0.583. The van der Waals surface area contributed by atoms with Gasteiger partial charge < -0.3 is 10.6 Å². The molecule has 0 atom stereocenters. The van der Waals surface area contributed by atoms with Crippen molar-refractivity contribution in [2.75, 3.05) is 50.0 Å². The zero-order valence-corrected chi connectivity index (χ0v) is 9.98. The first kappa shape index (κ1) is 12.1. The maximum Gasteiger partial charge on any atom is 0.123 e. The number of hydrogen-bond donors (Lipinski definition) is 1. The van der Waals surface area contributed by atoms with Gasteiger partial charge in [-0.05, 0) is 18.6 Å². The van der Waals surface area contributed by atoms with Gasteiger partial charge in [-0.2, -0.15) is 0 Å². The monoisotopic (exact) mass is 238 g/mol. The molecule has 2 heterocycles. The van der Waals surface area contributed by atoms with Crippen molar-refractivity contribution >= 4 is 11.5 Å². The number of aromatic nitrogens is 1. The topological polar surface area (TPSA) is 45.4 Å². The minimum Gasteiger partial charge on any atom is -0.384 e. The van der Waals surface area contributed by atoms with Gasteiger partial charge in [0.1, 0.15) is 5.82 Å². The Labute approximate surface area is 101 Å². The van der Waals surface area contributed by atoms with E-state index in [1.807, 2.05) is 18.3 Å². The summed E-state index contributed by atoms with van der Waals surface area (Å²) in [6.45, 7) is 4.57. The minimum absolute atomic E-state index is 0.220. The molecule has 1 aromatic heterocycles. The number of nitrogen functional groups attached to an aromatic ring is 1. The van der Waals surface area contributed by atoms with Crippen LogP contribution in [-0.2, 0) is 0 Å². The molecule has 1 aliphatic heterocycles. The van der Waals surface area contributed by atoms with Gasteiger partial charge in [-0.15, -0.1) is 0 Å². The van der Waals surface area contributed by atoms with Crippen LogP contribution in [0.4, 0.5) is 15.9 Å². The molecule has 0 spiro atoms. The Morgan fingerprint density at radius 3 is 2.59 bits per heavy atom. The van der Waals surface area contributed by atoms with E-state index in [-0.39, 0.29) is 6.67 Å². The smallest absolute Gasteiger partial charge is 0.123 e. The summed E-state index contributed by atoms with van der Waals surface area (Å²) >= 11 is 0. The lowest BCUT2D eigenvalue weighted by Gasteiger charge is -2.35. The van der Waals surface area contributed by atoms with E-state index in [0.717, 1.165) is 38.4 Å². The quantitative estimate of drug-likeness (QED) is 0.854. The van der Waals surface area contributed by atoms with Crippen LogP contribution in [0, 0.1) is 0 Å². The second-order valence-electron chi connectivity index (χ2n) is 4.31. The average molecular weight is 238 g/mol. The molecule has 0 amide bonds. The van der Waals surface area contributed by atoms with Crippen molar-refractivity contribution in [3.63, 3.8) is 0 Å². The van der Waals surface area contributed by atoms with E-state index in [1.165, 1.54) is 0 Å². The zero-order chi connectivity index (χ0) is 12.1. The maximum absolute atomic E-state index is 12.1. The Bertz CT molecular complexity index is 333. The normalized spacial score (nSPS) is 17.4. The molecular formula is C12H19FN4. The molecule has 1 fully saturated rings. The first-order valence-corrected chi connectivity index (χ1v) is 6.04. The molecular weight excluding hydrogens is 219 g/mol. The first-order valence-electron chi connectivity index (χ1n) is 6.04. The van der Waals surface area contributed by atoms with Crippen molar-refractivity contribution in [1.29, 1.82) is 0 Å². The van der Waals surface area contributed by atoms with Crippen molar-refractivity contribution in [3.8, 4) is 0 Å². The van der Waals surface area contributed by atoms with E-state index >= 15 is 0 Å². The predicted molar refractivity (Wildman–Crippen MR) is 67.9 cm³/mol. The van der Waals surface area contributed by atoms with Crippen LogP contribution in [0.5, 0.6) is 0 Å². The molecule has 0 unspecified atom stereocenters. The average Bonchev–Trinajstić information content (AvgIpc) is 2.38. The van der Waals surface area contributed by atoms with Crippen molar-refractivity contribution in [2.24, 2.45) is 0 Å². The highest BCUT2D eigenvalue weighted by Crippen LogP contribution is 2.16. The Hall–Kier alpha value is -1.36. The van der Waals surface area contributed by atoms with Crippen LogP contribution in [0.15, 0.2) is 18.3 Å². The molecule has 0 aromatic carbocycles. The molecule has 2 N–H and O–H groups in total. The van der Waals surface area contributed by atoms with Crippen LogP contribution in [0.1, 0.15) is 6.42 Å². The summed E-state index contributed by atoms with van der Waals surface area (Å²) in [4.78, 5) is 8.69. The summed E-state index contributed by atoms with van der Waals surface area (Å²) in [5.74, 6) is 0.551. The number of hydrogen-bond acceptors (Lipinski definition) is 4. The largest absolute Gasteiger partial charge is 0.384 e. The van der Waals surface area contributed by atoms with Crippen LogP contribution in [0.3, 0.4) is 0 Å². The second-order valence-corrected chi connectivity index (χ2v) is 4.31. The molecule has 1 aromatic rings. The summed E-state index contributed by atoms with van der Waals surface area (Å²) < 4.78 is 12.1. The summed E-state index contributed by atoms with van der Waals surface area (Å²) in [6, 6.07) is 3.82. The number of nitrogens with two attached hydrogens (primary N) is 1. The van der Waals surface area contributed by atoms with E-state index in [0.29, 0.717) is 12.2 Å².